The van der Waals surface area contributed by atoms with Crippen molar-refractivity contribution in [2.24, 2.45) is 0 Å². The molecule has 2 rings (SSSR count). The Morgan fingerprint density at radius 2 is 1.74 bits per heavy atom. The molecule has 0 fully saturated rings. The van der Waals surface area contributed by atoms with Gasteiger partial charge in [0.25, 0.3) is 0 Å². The third-order valence-electron chi connectivity index (χ3n) is 2.49. The van der Waals surface area contributed by atoms with Gasteiger partial charge >= 0.3 is 0 Å². The van der Waals surface area contributed by atoms with Crippen LogP contribution in [0, 0.1) is 11.6 Å². The molecule has 2 aromatic carbocycles. The number of benzene rings is 2. The Bertz CT molecular complexity index is 633. The topological polar surface area (TPSA) is 17.1 Å². The van der Waals surface area contributed by atoms with Crippen LogP contribution >= 0.6 is 15.9 Å². The second kappa shape index (κ2) is 5.89. The van der Waals surface area contributed by atoms with Crippen LogP contribution in [-0.2, 0) is 0 Å². The van der Waals surface area contributed by atoms with Gasteiger partial charge in [-0.15, -0.1) is 0 Å². The van der Waals surface area contributed by atoms with Crippen LogP contribution in [0.1, 0.15) is 15.9 Å². The van der Waals surface area contributed by atoms with Crippen LogP contribution in [-0.4, -0.2) is 5.78 Å². The van der Waals surface area contributed by atoms with Crippen molar-refractivity contribution >= 4 is 27.8 Å². The second-order valence-corrected chi connectivity index (χ2v) is 4.79. The van der Waals surface area contributed by atoms with Crippen LogP contribution in [0.25, 0.3) is 6.08 Å². The minimum absolute atomic E-state index is 0.270. The molecule has 0 aromatic heterocycles. The van der Waals surface area contributed by atoms with E-state index in [0.717, 1.165) is 28.2 Å². The molecule has 0 amide bonds. The standard InChI is InChI=1S/C15H9BrF2O/c16-11-4-1-10(2-5-11)3-8-15(19)13-9-12(17)6-7-14(13)18/h1-9H. The van der Waals surface area contributed by atoms with Crippen molar-refractivity contribution in [1.29, 1.82) is 0 Å². The van der Waals surface area contributed by atoms with Gasteiger partial charge in [-0.2, -0.15) is 0 Å². The molecule has 0 radical (unpaired) electrons. The van der Waals surface area contributed by atoms with E-state index in [-0.39, 0.29) is 5.56 Å². The average molecular weight is 323 g/mol. The summed E-state index contributed by atoms with van der Waals surface area (Å²) in [5, 5.41) is 0. The lowest BCUT2D eigenvalue weighted by Gasteiger charge is -1.99. The fraction of sp³-hybridized carbons (Fsp3) is 0. The Morgan fingerprint density at radius 1 is 1.05 bits per heavy atom. The lowest BCUT2D eigenvalue weighted by molar-refractivity contribution is 0.104. The summed E-state index contributed by atoms with van der Waals surface area (Å²) in [5.41, 5.74) is 0.529. The number of hydrogen-bond donors (Lipinski definition) is 0. The van der Waals surface area contributed by atoms with Crippen molar-refractivity contribution in [3.05, 3.63) is 75.8 Å². The number of ketones is 1. The van der Waals surface area contributed by atoms with E-state index in [1.54, 1.807) is 18.2 Å². The Labute approximate surface area is 117 Å². The molecule has 0 aliphatic carbocycles. The van der Waals surface area contributed by atoms with Gasteiger partial charge in [-0.25, -0.2) is 8.78 Å². The summed E-state index contributed by atoms with van der Waals surface area (Å²) in [6.07, 6.45) is 2.78. The molecule has 0 aliphatic rings. The van der Waals surface area contributed by atoms with Gasteiger partial charge in [0.1, 0.15) is 11.6 Å². The van der Waals surface area contributed by atoms with Gasteiger partial charge in [-0.3, -0.25) is 4.79 Å². The van der Waals surface area contributed by atoms with Crippen molar-refractivity contribution in [2.45, 2.75) is 0 Å². The van der Waals surface area contributed by atoms with Crippen molar-refractivity contribution < 1.29 is 13.6 Å². The third kappa shape index (κ3) is 3.58. The Morgan fingerprint density at radius 3 is 2.42 bits per heavy atom. The summed E-state index contributed by atoms with van der Waals surface area (Å²) < 4.78 is 27.3. The molecular weight excluding hydrogens is 314 g/mol. The van der Waals surface area contributed by atoms with E-state index >= 15 is 0 Å². The van der Waals surface area contributed by atoms with E-state index < -0.39 is 17.4 Å². The molecular formula is C15H9BrF2O. The highest BCUT2D eigenvalue weighted by molar-refractivity contribution is 9.10. The molecule has 0 spiro atoms. The van der Waals surface area contributed by atoms with E-state index in [1.807, 2.05) is 12.1 Å². The van der Waals surface area contributed by atoms with E-state index in [4.69, 9.17) is 0 Å². The fourth-order valence-corrected chi connectivity index (χ4v) is 1.79. The number of rotatable bonds is 3. The molecule has 4 heteroatoms. The first-order valence-corrected chi connectivity index (χ1v) is 6.28. The molecule has 1 nitrogen and oxygen atoms in total. The summed E-state index contributed by atoms with van der Waals surface area (Å²) in [4.78, 5) is 11.8. The van der Waals surface area contributed by atoms with Crippen molar-refractivity contribution in [3.63, 3.8) is 0 Å². The van der Waals surface area contributed by atoms with Gasteiger partial charge in [0.15, 0.2) is 5.78 Å². The lowest BCUT2D eigenvalue weighted by atomic mass is 10.1. The number of hydrogen-bond acceptors (Lipinski definition) is 1. The van der Waals surface area contributed by atoms with Crippen LogP contribution in [0.4, 0.5) is 8.78 Å². The molecule has 19 heavy (non-hydrogen) atoms. The molecule has 2 aromatic rings. The first-order chi connectivity index (χ1) is 9.06. The van der Waals surface area contributed by atoms with Gasteiger partial charge in [0, 0.05) is 4.47 Å². The highest BCUT2D eigenvalue weighted by atomic mass is 79.9. The number of carbonyl (C=O) groups is 1. The fourth-order valence-electron chi connectivity index (χ4n) is 1.52. The molecule has 0 unspecified atom stereocenters. The van der Waals surface area contributed by atoms with Crippen LogP contribution in [0.3, 0.4) is 0 Å². The molecule has 0 saturated heterocycles. The highest BCUT2D eigenvalue weighted by Gasteiger charge is 2.09. The zero-order chi connectivity index (χ0) is 13.8. The van der Waals surface area contributed by atoms with Crippen LogP contribution in [0.5, 0.6) is 0 Å². The molecule has 0 N–H and O–H groups in total. The maximum Gasteiger partial charge on any atom is 0.188 e. The minimum Gasteiger partial charge on any atom is -0.289 e. The van der Waals surface area contributed by atoms with Gasteiger partial charge in [0.05, 0.1) is 5.56 Å². The predicted octanol–water partition coefficient (Wildman–Crippen LogP) is 4.62. The first kappa shape index (κ1) is 13.6. The third-order valence-corrected chi connectivity index (χ3v) is 3.02. The SMILES string of the molecule is O=C(C=Cc1ccc(Br)cc1)c1cc(F)ccc1F. The smallest absolute Gasteiger partial charge is 0.188 e. The number of carbonyl (C=O) groups excluding carboxylic acids is 1. The Hall–Kier alpha value is -1.81. The summed E-state index contributed by atoms with van der Waals surface area (Å²) in [6.45, 7) is 0. The molecule has 0 heterocycles. The second-order valence-electron chi connectivity index (χ2n) is 3.87. The molecule has 96 valence electrons. The highest BCUT2D eigenvalue weighted by Crippen LogP contribution is 2.14. The quantitative estimate of drug-likeness (QED) is 0.595. The van der Waals surface area contributed by atoms with Gasteiger partial charge in [-0.1, -0.05) is 34.1 Å². The number of allylic oxidation sites excluding steroid dienone is 1. The largest absolute Gasteiger partial charge is 0.289 e. The summed E-state index contributed by atoms with van der Waals surface area (Å²) in [7, 11) is 0. The van der Waals surface area contributed by atoms with E-state index in [0.29, 0.717) is 0 Å². The van der Waals surface area contributed by atoms with Gasteiger partial charge < -0.3 is 0 Å². The lowest BCUT2D eigenvalue weighted by Crippen LogP contribution is -1.99. The number of halogens is 3. The van der Waals surface area contributed by atoms with Crippen molar-refractivity contribution in [2.75, 3.05) is 0 Å². The molecule has 0 aliphatic heterocycles. The monoisotopic (exact) mass is 322 g/mol. The predicted molar refractivity (Wildman–Crippen MR) is 73.9 cm³/mol. The maximum absolute atomic E-state index is 13.4. The molecule has 0 bridgehead atoms. The zero-order valence-corrected chi connectivity index (χ0v) is 11.3. The Balaban J connectivity index is 2.21. The van der Waals surface area contributed by atoms with Crippen molar-refractivity contribution in [3.8, 4) is 0 Å². The molecule has 0 saturated carbocycles. The summed E-state index contributed by atoms with van der Waals surface area (Å²) >= 11 is 3.30. The van der Waals surface area contributed by atoms with E-state index in [2.05, 4.69) is 15.9 Å². The van der Waals surface area contributed by atoms with Crippen LogP contribution in [0.2, 0.25) is 0 Å². The maximum atomic E-state index is 13.4. The van der Waals surface area contributed by atoms with Gasteiger partial charge in [0.2, 0.25) is 0 Å². The summed E-state index contributed by atoms with van der Waals surface area (Å²) in [6, 6.07) is 10.1. The van der Waals surface area contributed by atoms with Crippen molar-refractivity contribution in [1.82, 2.24) is 0 Å². The Kier molecular flexibility index (Phi) is 4.22. The normalized spacial score (nSPS) is 10.9. The van der Waals surface area contributed by atoms with Gasteiger partial charge in [-0.05, 0) is 42.0 Å². The minimum atomic E-state index is -0.730. The first-order valence-electron chi connectivity index (χ1n) is 5.49. The molecule has 0 atom stereocenters. The zero-order valence-electron chi connectivity index (χ0n) is 9.74. The van der Waals surface area contributed by atoms with E-state index in [9.17, 15) is 13.6 Å². The van der Waals surface area contributed by atoms with E-state index in [1.165, 1.54) is 6.08 Å². The van der Waals surface area contributed by atoms with Crippen LogP contribution in [0.15, 0.2) is 53.0 Å². The average Bonchev–Trinajstić information content (AvgIpc) is 2.40. The summed E-state index contributed by atoms with van der Waals surface area (Å²) in [5.74, 6) is -1.94. The van der Waals surface area contributed by atoms with Crippen LogP contribution < -0.4 is 0 Å².